The summed E-state index contributed by atoms with van der Waals surface area (Å²) >= 11 is 1.35. The van der Waals surface area contributed by atoms with Crippen molar-refractivity contribution in [1.82, 2.24) is 4.90 Å². The minimum Gasteiger partial charge on any atom is -0.493 e. The first-order valence-electron chi connectivity index (χ1n) is 8.01. The molecule has 7 nitrogen and oxygen atoms in total. The van der Waals surface area contributed by atoms with Crippen molar-refractivity contribution in [3.05, 3.63) is 29.3 Å². The Morgan fingerprint density at radius 2 is 2.20 bits per heavy atom. The van der Waals surface area contributed by atoms with Gasteiger partial charge in [-0.25, -0.2) is 4.79 Å². The monoisotopic (exact) mass is 365 g/mol. The number of ether oxygens (including phenoxy) is 4. The lowest BCUT2D eigenvalue weighted by Gasteiger charge is -2.17. The maximum Gasteiger partial charge on any atom is 0.333 e. The van der Waals surface area contributed by atoms with Crippen LogP contribution in [-0.2, 0) is 14.3 Å². The summed E-state index contributed by atoms with van der Waals surface area (Å²) in [5.41, 5.74) is 0. The molecule has 0 atom stereocenters. The number of fused-ring (bicyclic) bond motifs is 1. The van der Waals surface area contributed by atoms with Gasteiger partial charge in [0.1, 0.15) is 5.75 Å². The molecule has 0 aliphatic carbocycles. The van der Waals surface area contributed by atoms with Crippen LogP contribution in [0.2, 0.25) is 0 Å². The number of hydrogen-bond acceptors (Lipinski definition) is 7. The standard InChI is InChI=1S/C17H19NO6S/c1-2-21-17(20)9-16-18(15(19)10-25-16)6-3-7-22-12-4-5-13-14(8-12)24-11-23-13/h4-5,8-9H,2-3,6-7,10-11H2,1H3/b16-9-. The molecule has 1 aromatic rings. The van der Waals surface area contributed by atoms with Gasteiger partial charge in [0.2, 0.25) is 12.7 Å². The summed E-state index contributed by atoms with van der Waals surface area (Å²) in [6, 6.07) is 5.40. The zero-order chi connectivity index (χ0) is 17.6. The van der Waals surface area contributed by atoms with Gasteiger partial charge in [0, 0.05) is 12.6 Å². The SMILES string of the molecule is CCOC(=O)/C=C1\SCC(=O)N1CCCOc1ccc2c(c1)OCO2. The molecular formula is C17H19NO6S. The Labute approximate surface area is 149 Å². The van der Waals surface area contributed by atoms with E-state index in [1.165, 1.54) is 17.8 Å². The Morgan fingerprint density at radius 3 is 3.04 bits per heavy atom. The Morgan fingerprint density at radius 1 is 1.36 bits per heavy atom. The summed E-state index contributed by atoms with van der Waals surface area (Å²) < 4.78 is 21.1. The van der Waals surface area contributed by atoms with Gasteiger partial charge >= 0.3 is 5.97 Å². The van der Waals surface area contributed by atoms with E-state index < -0.39 is 5.97 Å². The maximum atomic E-state index is 12.0. The Kier molecular flexibility index (Phi) is 5.70. The molecule has 2 heterocycles. The molecule has 0 unspecified atom stereocenters. The topological polar surface area (TPSA) is 74.3 Å². The fraction of sp³-hybridized carbons (Fsp3) is 0.412. The summed E-state index contributed by atoms with van der Waals surface area (Å²) in [7, 11) is 0. The molecule has 2 aliphatic heterocycles. The van der Waals surface area contributed by atoms with Crippen molar-refractivity contribution < 1.29 is 28.5 Å². The quantitative estimate of drug-likeness (QED) is 0.416. The molecule has 1 amide bonds. The van der Waals surface area contributed by atoms with Crippen LogP contribution in [0, 0.1) is 0 Å². The zero-order valence-electron chi connectivity index (χ0n) is 13.9. The highest BCUT2D eigenvalue weighted by atomic mass is 32.2. The Hall–Kier alpha value is -2.35. The van der Waals surface area contributed by atoms with E-state index in [2.05, 4.69) is 0 Å². The van der Waals surface area contributed by atoms with E-state index in [9.17, 15) is 9.59 Å². The number of amides is 1. The van der Waals surface area contributed by atoms with Gasteiger partial charge in [0.05, 0.1) is 30.1 Å². The molecular weight excluding hydrogens is 346 g/mol. The van der Waals surface area contributed by atoms with Crippen molar-refractivity contribution in [3.63, 3.8) is 0 Å². The third-order valence-electron chi connectivity index (χ3n) is 3.58. The average molecular weight is 365 g/mol. The fourth-order valence-electron chi connectivity index (χ4n) is 2.43. The molecule has 134 valence electrons. The number of carbonyl (C=O) groups is 2. The van der Waals surface area contributed by atoms with Gasteiger partial charge in [0.15, 0.2) is 11.5 Å². The largest absolute Gasteiger partial charge is 0.493 e. The average Bonchev–Trinajstić information content (AvgIpc) is 3.19. The second kappa shape index (κ2) is 8.15. The Bertz CT molecular complexity index is 690. The van der Waals surface area contributed by atoms with Gasteiger partial charge in [-0.3, -0.25) is 4.79 Å². The van der Waals surface area contributed by atoms with Crippen LogP contribution in [0.25, 0.3) is 0 Å². The molecule has 8 heteroatoms. The summed E-state index contributed by atoms with van der Waals surface area (Å²) in [6.45, 7) is 3.21. The lowest BCUT2D eigenvalue weighted by atomic mass is 10.3. The van der Waals surface area contributed by atoms with Crippen LogP contribution in [0.3, 0.4) is 0 Å². The van der Waals surface area contributed by atoms with Crippen LogP contribution < -0.4 is 14.2 Å². The molecule has 1 saturated heterocycles. The highest BCUT2D eigenvalue weighted by Gasteiger charge is 2.27. The van der Waals surface area contributed by atoms with Crippen LogP contribution in [0.15, 0.2) is 29.3 Å². The molecule has 0 radical (unpaired) electrons. The summed E-state index contributed by atoms with van der Waals surface area (Å²) in [4.78, 5) is 25.1. The lowest BCUT2D eigenvalue weighted by molar-refractivity contribution is -0.137. The molecule has 0 spiro atoms. The second-order valence-corrected chi connectivity index (χ2v) is 6.28. The lowest BCUT2D eigenvalue weighted by Crippen LogP contribution is -2.27. The zero-order valence-corrected chi connectivity index (χ0v) is 14.7. The smallest absolute Gasteiger partial charge is 0.333 e. The van der Waals surface area contributed by atoms with E-state index in [1.54, 1.807) is 24.0 Å². The first kappa shape index (κ1) is 17.5. The van der Waals surface area contributed by atoms with Crippen LogP contribution in [0.1, 0.15) is 13.3 Å². The second-order valence-electron chi connectivity index (χ2n) is 5.29. The van der Waals surface area contributed by atoms with E-state index in [0.29, 0.717) is 54.2 Å². The van der Waals surface area contributed by atoms with E-state index in [-0.39, 0.29) is 12.7 Å². The number of carbonyl (C=O) groups excluding carboxylic acids is 2. The number of rotatable bonds is 7. The first-order chi connectivity index (χ1) is 12.2. The van der Waals surface area contributed by atoms with Crippen molar-refractivity contribution in [1.29, 1.82) is 0 Å². The van der Waals surface area contributed by atoms with Crippen LogP contribution in [0.4, 0.5) is 0 Å². The number of thioether (sulfide) groups is 1. The van der Waals surface area contributed by atoms with Crippen LogP contribution >= 0.6 is 11.8 Å². The Balaban J connectivity index is 1.48. The molecule has 2 aliphatic rings. The van der Waals surface area contributed by atoms with Crippen LogP contribution in [-0.4, -0.2) is 49.1 Å². The molecule has 0 N–H and O–H groups in total. The summed E-state index contributed by atoms with van der Waals surface area (Å²) in [5, 5.41) is 0.631. The third-order valence-corrected chi connectivity index (χ3v) is 4.60. The van der Waals surface area contributed by atoms with Gasteiger partial charge in [0.25, 0.3) is 0 Å². The van der Waals surface area contributed by atoms with E-state index in [0.717, 1.165) is 0 Å². The molecule has 1 fully saturated rings. The number of hydrogen-bond donors (Lipinski definition) is 0. The van der Waals surface area contributed by atoms with Crippen molar-refractivity contribution in [2.75, 3.05) is 32.3 Å². The number of esters is 1. The van der Waals surface area contributed by atoms with Gasteiger partial charge in [-0.15, -0.1) is 0 Å². The van der Waals surface area contributed by atoms with Crippen molar-refractivity contribution >= 4 is 23.6 Å². The first-order valence-corrected chi connectivity index (χ1v) is 9.00. The summed E-state index contributed by atoms with van der Waals surface area (Å²) in [5.74, 6) is 1.97. The highest BCUT2D eigenvalue weighted by molar-refractivity contribution is 8.04. The number of nitrogens with zero attached hydrogens (tertiary/aromatic N) is 1. The van der Waals surface area contributed by atoms with Gasteiger partial charge < -0.3 is 23.8 Å². The minimum atomic E-state index is -0.429. The highest BCUT2D eigenvalue weighted by Crippen LogP contribution is 2.35. The number of benzene rings is 1. The molecule has 0 saturated carbocycles. The molecule has 25 heavy (non-hydrogen) atoms. The predicted molar refractivity (Wildman–Crippen MR) is 91.6 cm³/mol. The van der Waals surface area contributed by atoms with Crippen molar-refractivity contribution in [2.24, 2.45) is 0 Å². The molecule has 1 aromatic carbocycles. The van der Waals surface area contributed by atoms with Gasteiger partial charge in [-0.2, -0.15) is 0 Å². The minimum absolute atomic E-state index is 0.0105. The van der Waals surface area contributed by atoms with Crippen LogP contribution in [0.5, 0.6) is 17.2 Å². The van der Waals surface area contributed by atoms with Gasteiger partial charge in [-0.05, 0) is 25.5 Å². The molecule has 3 rings (SSSR count). The van der Waals surface area contributed by atoms with Crippen molar-refractivity contribution in [2.45, 2.75) is 13.3 Å². The normalized spacial score (nSPS) is 17.2. The third kappa shape index (κ3) is 4.39. The van der Waals surface area contributed by atoms with E-state index in [4.69, 9.17) is 18.9 Å². The van der Waals surface area contributed by atoms with Crippen molar-refractivity contribution in [3.8, 4) is 17.2 Å². The fourth-order valence-corrected chi connectivity index (χ4v) is 3.39. The molecule has 0 bridgehead atoms. The summed E-state index contributed by atoms with van der Waals surface area (Å²) in [6.07, 6.45) is 2.01. The maximum absolute atomic E-state index is 12.0. The van der Waals surface area contributed by atoms with E-state index in [1.807, 2.05) is 6.07 Å². The van der Waals surface area contributed by atoms with Gasteiger partial charge in [-0.1, -0.05) is 11.8 Å². The predicted octanol–water partition coefficient (Wildman–Crippen LogP) is 2.16. The van der Waals surface area contributed by atoms with E-state index >= 15 is 0 Å². The molecule has 0 aromatic heterocycles.